The van der Waals surface area contributed by atoms with Gasteiger partial charge in [0.05, 0.1) is 25.1 Å². The van der Waals surface area contributed by atoms with Crippen LogP contribution in [0.2, 0.25) is 0 Å². The summed E-state index contributed by atoms with van der Waals surface area (Å²) in [5.74, 6) is -0.485. The third-order valence-corrected chi connectivity index (χ3v) is 3.44. The lowest BCUT2D eigenvalue weighted by atomic mass is 10.1. The van der Waals surface area contributed by atoms with Crippen LogP contribution in [0.4, 0.5) is 0 Å². The van der Waals surface area contributed by atoms with Gasteiger partial charge < -0.3 is 14.6 Å². The minimum atomic E-state index is -1.05. The van der Waals surface area contributed by atoms with E-state index in [1.165, 1.54) is 10.9 Å². The fraction of sp³-hybridized carbons (Fsp3) is 0.333. The number of nitrogens with zero attached hydrogens (tertiary/aromatic N) is 2. The number of ether oxygens (including phenoxy) is 2. The molecule has 0 radical (unpaired) electrons. The molecule has 6 heteroatoms. The molecule has 1 saturated heterocycles. The number of carboxylic acids is 1. The van der Waals surface area contributed by atoms with E-state index in [1.54, 1.807) is 0 Å². The Morgan fingerprint density at radius 3 is 2.90 bits per heavy atom. The van der Waals surface area contributed by atoms with Crippen LogP contribution in [0.1, 0.15) is 16.8 Å². The smallest absolute Gasteiger partial charge is 0.342 e. The summed E-state index contributed by atoms with van der Waals surface area (Å²) >= 11 is 0. The van der Waals surface area contributed by atoms with Crippen molar-refractivity contribution in [3.05, 3.63) is 42.1 Å². The summed E-state index contributed by atoms with van der Waals surface area (Å²) < 4.78 is 12.6. The highest BCUT2D eigenvalue weighted by Crippen LogP contribution is 2.24. The molecule has 1 unspecified atom stereocenters. The first-order valence-electron chi connectivity index (χ1n) is 6.83. The molecule has 0 saturated carbocycles. The largest absolute Gasteiger partial charge is 0.477 e. The zero-order valence-electron chi connectivity index (χ0n) is 11.4. The van der Waals surface area contributed by atoms with Crippen LogP contribution < -0.4 is 4.74 Å². The molecule has 0 spiro atoms. The van der Waals surface area contributed by atoms with Crippen molar-refractivity contribution in [2.75, 3.05) is 19.8 Å². The minimum Gasteiger partial charge on any atom is -0.477 e. The highest BCUT2D eigenvalue weighted by molar-refractivity contribution is 5.90. The molecule has 1 fully saturated rings. The summed E-state index contributed by atoms with van der Waals surface area (Å²) in [5, 5.41) is 13.4. The van der Waals surface area contributed by atoms with Gasteiger partial charge in [-0.1, -0.05) is 18.2 Å². The first-order chi connectivity index (χ1) is 10.3. The van der Waals surface area contributed by atoms with Gasteiger partial charge in [-0.3, -0.25) is 0 Å². The number of carboxylic acid groups (broad SMARTS) is 1. The molecular formula is C15H16N2O4. The summed E-state index contributed by atoms with van der Waals surface area (Å²) in [6.07, 6.45) is 2.25. The average Bonchev–Trinajstić information content (AvgIpc) is 3.15. The second-order valence-electron chi connectivity index (χ2n) is 4.96. The monoisotopic (exact) mass is 288 g/mol. The van der Waals surface area contributed by atoms with Crippen molar-refractivity contribution in [3.8, 4) is 11.6 Å². The van der Waals surface area contributed by atoms with Crippen molar-refractivity contribution in [2.24, 2.45) is 5.92 Å². The maximum atomic E-state index is 11.3. The van der Waals surface area contributed by atoms with E-state index >= 15 is 0 Å². The highest BCUT2D eigenvalue weighted by Gasteiger charge is 2.22. The van der Waals surface area contributed by atoms with E-state index in [1.807, 2.05) is 30.3 Å². The molecule has 2 aromatic rings. The van der Waals surface area contributed by atoms with E-state index in [2.05, 4.69) is 5.10 Å². The normalized spacial score (nSPS) is 17.8. The van der Waals surface area contributed by atoms with Crippen molar-refractivity contribution < 1.29 is 19.4 Å². The minimum absolute atomic E-state index is 0.0674. The number of aromatic nitrogens is 2. The lowest BCUT2D eigenvalue weighted by Crippen LogP contribution is -2.15. The van der Waals surface area contributed by atoms with Gasteiger partial charge >= 0.3 is 5.97 Å². The summed E-state index contributed by atoms with van der Waals surface area (Å²) in [6, 6.07) is 9.33. The van der Waals surface area contributed by atoms with Crippen LogP contribution in [-0.4, -0.2) is 40.7 Å². The maximum absolute atomic E-state index is 11.3. The molecule has 0 bridgehead atoms. The second-order valence-corrected chi connectivity index (χ2v) is 4.96. The Bertz CT molecular complexity index is 618. The summed E-state index contributed by atoms with van der Waals surface area (Å²) in [6.45, 7) is 1.82. The molecule has 1 aromatic heterocycles. The van der Waals surface area contributed by atoms with Gasteiger partial charge in [0.2, 0.25) is 5.88 Å². The lowest BCUT2D eigenvalue weighted by Gasteiger charge is -2.13. The van der Waals surface area contributed by atoms with Gasteiger partial charge in [0.1, 0.15) is 5.56 Å². The van der Waals surface area contributed by atoms with Gasteiger partial charge in [-0.05, 0) is 18.6 Å². The zero-order valence-corrected chi connectivity index (χ0v) is 11.4. The number of aromatic carboxylic acids is 1. The number of hydrogen-bond acceptors (Lipinski definition) is 4. The predicted molar refractivity (Wildman–Crippen MR) is 74.9 cm³/mol. The van der Waals surface area contributed by atoms with Gasteiger partial charge in [0.15, 0.2) is 0 Å². The predicted octanol–water partition coefficient (Wildman–Crippen LogP) is 1.99. The Morgan fingerprint density at radius 2 is 2.24 bits per heavy atom. The van der Waals surface area contributed by atoms with Crippen LogP contribution in [0.15, 0.2) is 36.5 Å². The Morgan fingerprint density at radius 1 is 1.43 bits per heavy atom. The van der Waals surface area contributed by atoms with Crippen molar-refractivity contribution in [3.63, 3.8) is 0 Å². The quantitative estimate of drug-likeness (QED) is 0.910. The van der Waals surface area contributed by atoms with Crippen molar-refractivity contribution in [1.82, 2.24) is 9.78 Å². The Labute approximate surface area is 121 Å². The summed E-state index contributed by atoms with van der Waals surface area (Å²) in [7, 11) is 0. The number of benzene rings is 1. The summed E-state index contributed by atoms with van der Waals surface area (Å²) in [5.41, 5.74) is 0.834. The van der Waals surface area contributed by atoms with Gasteiger partial charge in [0.25, 0.3) is 0 Å². The average molecular weight is 288 g/mol. The molecule has 1 aliphatic heterocycles. The first-order valence-corrected chi connectivity index (χ1v) is 6.83. The Hall–Kier alpha value is -2.34. The SMILES string of the molecule is O=C(O)c1cnn(-c2ccccc2)c1OCC1CCOC1. The first kappa shape index (κ1) is 13.6. The van der Waals surface area contributed by atoms with Crippen LogP contribution in [-0.2, 0) is 4.74 Å². The molecule has 0 amide bonds. The highest BCUT2D eigenvalue weighted by atomic mass is 16.5. The number of para-hydroxylation sites is 1. The zero-order chi connectivity index (χ0) is 14.7. The van der Waals surface area contributed by atoms with Crippen LogP contribution in [0.25, 0.3) is 5.69 Å². The molecule has 3 rings (SSSR count). The number of carbonyl (C=O) groups is 1. The van der Waals surface area contributed by atoms with Gasteiger partial charge in [0, 0.05) is 12.5 Å². The van der Waals surface area contributed by atoms with Crippen molar-refractivity contribution in [2.45, 2.75) is 6.42 Å². The second kappa shape index (κ2) is 5.97. The molecule has 0 aliphatic carbocycles. The molecule has 1 aromatic carbocycles. The van der Waals surface area contributed by atoms with E-state index in [0.717, 1.165) is 18.7 Å². The lowest BCUT2D eigenvalue weighted by molar-refractivity contribution is 0.0690. The molecule has 110 valence electrons. The van der Waals surface area contributed by atoms with Gasteiger partial charge in [-0.2, -0.15) is 5.10 Å². The molecule has 1 atom stereocenters. The fourth-order valence-electron chi connectivity index (χ4n) is 2.29. The van der Waals surface area contributed by atoms with Crippen LogP contribution in [0.5, 0.6) is 5.88 Å². The van der Waals surface area contributed by atoms with Crippen LogP contribution in [0, 0.1) is 5.92 Å². The van der Waals surface area contributed by atoms with Gasteiger partial charge in [-0.15, -0.1) is 0 Å². The molecule has 21 heavy (non-hydrogen) atoms. The Kier molecular flexibility index (Phi) is 3.87. The van der Waals surface area contributed by atoms with Crippen LogP contribution >= 0.6 is 0 Å². The molecule has 2 heterocycles. The maximum Gasteiger partial charge on any atom is 0.342 e. The van der Waals surface area contributed by atoms with Gasteiger partial charge in [-0.25, -0.2) is 9.48 Å². The molecule has 1 aliphatic rings. The van der Waals surface area contributed by atoms with E-state index in [-0.39, 0.29) is 11.4 Å². The summed E-state index contributed by atoms with van der Waals surface area (Å²) in [4.78, 5) is 11.3. The third-order valence-electron chi connectivity index (χ3n) is 3.44. The van der Waals surface area contributed by atoms with E-state index in [0.29, 0.717) is 19.1 Å². The van der Waals surface area contributed by atoms with Crippen molar-refractivity contribution >= 4 is 5.97 Å². The molecule has 1 N–H and O–H groups in total. The van der Waals surface area contributed by atoms with E-state index < -0.39 is 5.97 Å². The van der Waals surface area contributed by atoms with Crippen LogP contribution in [0.3, 0.4) is 0 Å². The number of hydrogen-bond donors (Lipinski definition) is 1. The Balaban J connectivity index is 1.87. The van der Waals surface area contributed by atoms with E-state index in [4.69, 9.17) is 9.47 Å². The number of rotatable bonds is 5. The topological polar surface area (TPSA) is 73.6 Å². The van der Waals surface area contributed by atoms with E-state index in [9.17, 15) is 9.90 Å². The van der Waals surface area contributed by atoms with Crippen molar-refractivity contribution in [1.29, 1.82) is 0 Å². The molecule has 6 nitrogen and oxygen atoms in total. The molecular weight excluding hydrogens is 272 g/mol. The third kappa shape index (κ3) is 2.90. The fourth-order valence-corrected chi connectivity index (χ4v) is 2.29. The standard InChI is InChI=1S/C15H16N2O4/c18-15(19)13-8-16-17(12-4-2-1-3-5-12)14(13)21-10-11-6-7-20-9-11/h1-5,8,11H,6-7,9-10H2,(H,18,19).